The Labute approximate surface area is 97.7 Å². The van der Waals surface area contributed by atoms with Crippen LogP contribution in [0.5, 0.6) is 0 Å². The minimum Gasteiger partial charge on any atom is -0.381 e. The van der Waals surface area contributed by atoms with Crippen molar-refractivity contribution < 1.29 is 22.7 Å². The zero-order chi connectivity index (χ0) is 13.1. The smallest absolute Gasteiger partial charge is 0.381 e. The van der Waals surface area contributed by atoms with Crippen LogP contribution in [-0.4, -0.2) is 37.4 Å². The van der Waals surface area contributed by atoms with Gasteiger partial charge in [-0.3, -0.25) is 10.1 Å². The van der Waals surface area contributed by atoms with Crippen LogP contribution in [0.4, 0.5) is 13.2 Å². The first kappa shape index (κ1) is 14.2. The molecule has 0 aromatic rings. The highest BCUT2D eigenvalue weighted by molar-refractivity contribution is 5.84. The fraction of sp³-hybridized carbons (Fsp3) is 0.900. The molecule has 1 rings (SSSR count). The Balaban J connectivity index is 2.72. The van der Waals surface area contributed by atoms with Gasteiger partial charge in [-0.1, -0.05) is 0 Å². The van der Waals surface area contributed by atoms with E-state index in [2.05, 4.69) is 5.32 Å². The van der Waals surface area contributed by atoms with E-state index in [0.29, 0.717) is 12.8 Å². The third-order valence-corrected chi connectivity index (χ3v) is 3.14. The summed E-state index contributed by atoms with van der Waals surface area (Å²) in [6.45, 7) is -1.22. The molecule has 1 aliphatic carbocycles. The number of carbonyl (C=O) groups is 1. The Hall–Kier alpha value is -0.820. The maximum Gasteiger partial charge on any atom is 0.401 e. The lowest BCUT2D eigenvalue weighted by Gasteiger charge is -2.38. The quantitative estimate of drug-likeness (QED) is 0.785. The molecule has 0 bridgehead atoms. The summed E-state index contributed by atoms with van der Waals surface area (Å²) in [6, 6.07) is 0. The van der Waals surface area contributed by atoms with Crippen LogP contribution in [0.15, 0.2) is 0 Å². The summed E-state index contributed by atoms with van der Waals surface area (Å²) < 4.78 is 41.6. The summed E-state index contributed by atoms with van der Waals surface area (Å²) in [5.74, 6) is -0.747. The van der Waals surface area contributed by atoms with Crippen molar-refractivity contribution in [3.8, 4) is 0 Å². The number of rotatable bonds is 4. The SMILES string of the molecule is COC1CCCC(NCC(F)(F)F)(C(N)=O)C1. The first-order valence-corrected chi connectivity index (χ1v) is 5.43. The molecule has 0 heterocycles. The fourth-order valence-electron chi connectivity index (χ4n) is 2.17. The average Bonchev–Trinajstić information content (AvgIpc) is 2.25. The van der Waals surface area contributed by atoms with Gasteiger partial charge < -0.3 is 10.5 Å². The number of methoxy groups -OCH3 is 1. The van der Waals surface area contributed by atoms with Gasteiger partial charge in [0.15, 0.2) is 0 Å². The highest BCUT2D eigenvalue weighted by Gasteiger charge is 2.43. The lowest BCUT2D eigenvalue weighted by molar-refractivity contribution is -0.140. The molecular formula is C10H17F3N2O2. The molecule has 1 saturated carbocycles. The van der Waals surface area contributed by atoms with Gasteiger partial charge in [0, 0.05) is 13.5 Å². The molecule has 0 spiro atoms. The standard InChI is InChI=1S/C10H17F3N2O2/c1-17-7-3-2-4-9(5-7,8(14)16)15-6-10(11,12)13/h7,15H,2-6H2,1H3,(H2,14,16). The second-order valence-corrected chi connectivity index (χ2v) is 4.37. The van der Waals surface area contributed by atoms with Crippen LogP contribution in [0, 0.1) is 0 Å². The van der Waals surface area contributed by atoms with Crippen molar-refractivity contribution in [2.45, 2.75) is 43.5 Å². The van der Waals surface area contributed by atoms with Crippen molar-refractivity contribution in [3.63, 3.8) is 0 Å². The summed E-state index contributed by atoms with van der Waals surface area (Å²) in [4.78, 5) is 11.4. The number of amides is 1. The summed E-state index contributed by atoms with van der Waals surface area (Å²) in [7, 11) is 1.48. The van der Waals surface area contributed by atoms with E-state index in [-0.39, 0.29) is 12.5 Å². The first-order valence-electron chi connectivity index (χ1n) is 5.43. The van der Waals surface area contributed by atoms with Gasteiger partial charge in [-0.15, -0.1) is 0 Å². The van der Waals surface area contributed by atoms with Gasteiger partial charge in [0.25, 0.3) is 0 Å². The lowest BCUT2D eigenvalue weighted by atomic mass is 9.79. The topological polar surface area (TPSA) is 64.3 Å². The Morgan fingerprint density at radius 3 is 2.71 bits per heavy atom. The number of carbonyl (C=O) groups excluding carboxylic acids is 1. The maximum absolute atomic E-state index is 12.2. The second kappa shape index (κ2) is 5.22. The average molecular weight is 254 g/mol. The van der Waals surface area contributed by atoms with Crippen molar-refractivity contribution in [3.05, 3.63) is 0 Å². The molecule has 17 heavy (non-hydrogen) atoms. The van der Waals surface area contributed by atoms with Gasteiger partial charge in [-0.2, -0.15) is 13.2 Å². The zero-order valence-corrected chi connectivity index (χ0v) is 9.64. The molecule has 3 N–H and O–H groups in total. The molecule has 100 valence electrons. The van der Waals surface area contributed by atoms with Gasteiger partial charge in [0.05, 0.1) is 12.6 Å². The monoisotopic (exact) mass is 254 g/mol. The minimum absolute atomic E-state index is 0.189. The number of hydrogen-bond donors (Lipinski definition) is 2. The number of primary amides is 1. The van der Waals surface area contributed by atoms with Crippen LogP contribution in [0.3, 0.4) is 0 Å². The molecule has 1 aliphatic rings. The number of nitrogens with two attached hydrogens (primary N) is 1. The molecule has 7 heteroatoms. The molecule has 2 atom stereocenters. The molecule has 0 radical (unpaired) electrons. The van der Waals surface area contributed by atoms with E-state index in [1.54, 1.807) is 0 Å². The van der Waals surface area contributed by atoms with Crippen LogP contribution in [0.25, 0.3) is 0 Å². The van der Waals surface area contributed by atoms with Crippen LogP contribution in [-0.2, 0) is 9.53 Å². The van der Waals surface area contributed by atoms with E-state index in [0.717, 1.165) is 6.42 Å². The predicted octanol–water partition coefficient (Wildman–Crippen LogP) is 0.951. The van der Waals surface area contributed by atoms with E-state index in [9.17, 15) is 18.0 Å². The lowest BCUT2D eigenvalue weighted by Crippen LogP contribution is -2.60. The summed E-state index contributed by atoms with van der Waals surface area (Å²) in [5.41, 5.74) is 3.93. The molecule has 1 fully saturated rings. The molecule has 2 unspecified atom stereocenters. The zero-order valence-electron chi connectivity index (χ0n) is 9.64. The van der Waals surface area contributed by atoms with Crippen LogP contribution in [0.1, 0.15) is 25.7 Å². The van der Waals surface area contributed by atoms with E-state index in [1.165, 1.54) is 7.11 Å². The van der Waals surface area contributed by atoms with Crippen molar-refractivity contribution in [1.82, 2.24) is 5.32 Å². The largest absolute Gasteiger partial charge is 0.401 e. The highest BCUT2D eigenvalue weighted by atomic mass is 19.4. The molecule has 4 nitrogen and oxygen atoms in total. The van der Waals surface area contributed by atoms with E-state index in [1.807, 2.05) is 0 Å². The fourth-order valence-corrected chi connectivity index (χ4v) is 2.17. The maximum atomic E-state index is 12.2. The molecular weight excluding hydrogens is 237 g/mol. The third-order valence-electron chi connectivity index (χ3n) is 3.14. The van der Waals surface area contributed by atoms with E-state index in [4.69, 9.17) is 10.5 Å². The van der Waals surface area contributed by atoms with E-state index < -0.39 is 24.2 Å². The number of halogens is 3. The van der Waals surface area contributed by atoms with Gasteiger partial charge in [0.1, 0.15) is 5.54 Å². The molecule has 0 aromatic carbocycles. The van der Waals surface area contributed by atoms with Crippen LogP contribution < -0.4 is 11.1 Å². The van der Waals surface area contributed by atoms with Crippen LogP contribution >= 0.6 is 0 Å². The van der Waals surface area contributed by atoms with Crippen molar-refractivity contribution in [2.75, 3.05) is 13.7 Å². The normalized spacial score (nSPS) is 30.2. The Bertz CT molecular complexity index is 283. The highest BCUT2D eigenvalue weighted by Crippen LogP contribution is 2.30. The molecule has 0 aromatic heterocycles. The third kappa shape index (κ3) is 3.85. The molecule has 0 aliphatic heterocycles. The number of hydrogen-bond acceptors (Lipinski definition) is 3. The van der Waals surface area contributed by atoms with Gasteiger partial charge >= 0.3 is 6.18 Å². The summed E-state index contributed by atoms with van der Waals surface area (Å²) >= 11 is 0. The van der Waals surface area contributed by atoms with Crippen molar-refractivity contribution in [1.29, 1.82) is 0 Å². The van der Waals surface area contributed by atoms with Gasteiger partial charge in [-0.05, 0) is 19.3 Å². The second-order valence-electron chi connectivity index (χ2n) is 4.37. The molecule has 1 amide bonds. The first-order chi connectivity index (χ1) is 7.79. The minimum atomic E-state index is -4.36. The Kier molecular flexibility index (Phi) is 4.37. The molecule has 0 saturated heterocycles. The Morgan fingerprint density at radius 1 is 1.59 bits per heavy atom. The summed E-state index contributed by atoms with van der Waals surface area (Å²) in [5, 5.41) is 2.26. The van der Waals surface area contributed by atoms with Crippen molar-refractivity contribution in [2.24, 2.45) is 5.73 Å². The Morgan fingerprint density at radius 2 is 2.24 bits per heavy atom. The number of alkyl halides is 3. The summed E-state index contributed by atoms with van der Waals surface area (Å²) in [6.07, 6.45) is -2.72. The van der Waals surface area contributed by atoms with Gasteiger partial charge in [0.2, 0.25) is 5.91 Å². The van der Waals surface area contributed by atoms with E-state index >= 15 is 0 Å². The van der Waals surface area contributed by atoms with Gasteiger partial charge in [-0.25, -0.2) is 0 Å². The number of ether oxygens (including phenoxy) is 1. The van der Waals surface area contributed by atoms with Crippen molar-refractivity contribution >= 4 is 5.91 Å². The predicted molar refractivity (Wildman–Crippen MR) is 55.2 cm³/mol. The number of nitrogens with one attached hydrogen (secondary N) is 1. The van der Waals surface area contributed by atoms with Crippen LogP contribution in [0.2, 0.25) is 0 Å².